The fraction of sp³-hybridized carbons (Fsp3) is 0.537. The van der Waals surface area contributed by atoms with Gasteiger partial charge in [-0.3, -0.25) is 58.1 Å². The number of fused-ring (bicyclic) bond motifs is 5. The van der Waals surface area contributed by atoms with Crippen molar-refractivity contribution in [2.24, 2.45) is 29.2 Å². The van der Waals surface area contributed by atoms with Crippen LogP contribution in [0.2, 0.25) is 0 Å². The maximum atomic E-state index is 15.0. The molecule has 1 fully saturated rings. The molecule has 0 aliphatic carbocycles. The van der Waals surface area contributed by atoms with Crippen LogP contribution < -0.4 is 64.1 Å². The molecule has 3 aliphatic heterocycles. The third kappa shape index (κ3) is 16.3. The van der Waals surface area contributed by atoms with Crippen molar-refractivity contribution >= 4 is 93.7 Å². The number of nitrogens with zero attached hydrogens (tertiary/aromatic N) is 1. The van der Waals surface area contributed by atoms with Crippen LogP contribution in [0.1, 0.15) is 71.9 Å². The Kier molecular flexibility index (Phi) is 22.2. The minimum Gasteiger partial charge on any atom is -0.489 e. The quantitative estimate of drug-likeness (QED) is 0.0615. The third-order valence-corrected chi connectivity index (χ3v) is 16.0. The van der Waals surface area contributed by atoms with Gasteiger partial charge in [0.15, 0.2) is 11.9 Å². The minimum absolute atomic E-state index is 0.0331. The van der Waals surface area contributed by atoms with Crippen LogP contribution in [-0.4, -0.2) is 183 Å². The molecule has 10 amide bonds. The molecule has 2 bridgehead atoms. The summed E-state index contributed by atoms with van der Waals surface area (Å²) in [5.41, 5.74) is 11.1. The van der Waals surface area contributed by atoms with Crippen molar-refractivity contribution in [1.29, 1.82) is 0 Å². The Labute approximate surface area is 482 Å². The zero-order valence-electron chi connectivity index (χ0n) is 46.9. The standard InChI is InChI=1S/C54H75N13O15S/c1-7-26(4)44-50(79)58-18-41(73)61-38-23-83-52-34(33-13-12-32(14-35(33)64-52)82-22-29-8-10-30(11-9-29)60-46(75)28(6)59-49(78)43(56)25(2)3)15-36(47(76)57-19-42(74)65-44)62-51(80)45(27(5)39(71)21-68)66-54(24-69)17-31(70)20-67(54)53(81)37(16-40(55)72)63-48(38)77/h8-14,24-28,31,36-39,43-45,64,66,68,70-71H,7,15-23,56H2,1-6H3,(H2,55,72)(H,57,76)(H,58,79)(H,59,78)(H,60,75)(H,61,73)(H,62,80)(H,63,77)(H,65,74)/t26-,27-,28+,31+,36?,37-,38?,39-,43-,44-,45-,54-/m0/s1. The second-order valence-corrected chi connectivity index (χ2v) is 22.5. The summed E-state index contributed by atoms with van der Waals surface area (Å²) >= 11 is 0.954. The molecule has 2 aromatic carbocycles. The Balaban J connectivity index is 1.43. The van der Waals surface area contributed by atoms with Crippen LogP contribution in [0.5, 0.6) is 5.75 Å². The number of anilines is 1. The highest BCUT2D eigenvalue weighted by atomic mass is 32.2. The number of nitrogens with two attached hydrogens (primary N) is 2. The monoisotopic (exact) mass is 1180 g/mol. The largest absolute Gasteiger partial charge is 0.489 e. The van der Waals surface area contributed by atoms with E-state index < -0.39 is 170 Å². The molecule has 1 aromatic heterocycles. The number of nitrogens with one attached hydrogen (secondary N) is 10. The molecule has 2 unspecified atom stereocenters. The van der Waals surface area contributed by atoms with E-state index in [1.165, 1.54) is 13.8 Å². The number of rotatable bonds is 16. The maximum Gasteiger partial charge on any atom is 0.247 e. The van der Waals surface area contributed by atoms with Crippen LogP contribution >= 0.6 is 11.8 Å². The molecule has 1 saturated heterocycles. The van der Waals surface area contributed by atoms with Gasteiger partial charge in [0.05, 0.1) is 61.0 Å². The topological polar surface area (TPSA) is 437 Å². The van der Waals surface area contributed by atoms with Crippen LogP contribution in [-0.2, 0) is 65.8 Å². The van der Waals surface area contributed by atoms with E-state index in [0.717, 1.165) is 16.7 Å². The Bertz CT molecular complexity index is 2930. The Morgan fingerprint density at radius 3 is 2.18 bits per heavy atom. The van der Waals surface area contributed by atoms with E-state index in [1.807, 2.05) is 0 Å². The van der Waals surface area contributed by atoms with Gasteiger partial charge in [-0.25, -0.2) is 0 Å². The zero-order chi connectivity index (χ0) is 61.0. The summed E-state index contributed by atoms with van der Waals surface area (Å²) in [5, 5.41) is 56.5. The molecule has 28 nitrogen and oxygen atoms in total. The first-order chi connectivity index (χ1) is 39.3. The molecule has 4 heterocycles. The van der Waals surface area contributed by atoms with Crippen molar-refractivity contribution in [2.45, 2.75) is 139 Å². The zero-order valence-corrected chi connectivity index (χ0v) is 47.7. The lowest BCUT2D eigenvalue weighted by atomic mass is 9.92. The van der Waals surface area contributed by atoms with E-state index in [2.05, 4.69) is 52.8 Å². The number of aliphatic hydroxyl groups is 3. The van der Waals surface area contributed by atoms with Gasteiger partial charge >= 0.3 is 0 Å². The number of aliphatic hydroxyl groups excluding tert-OH is 3. The second-order valence-electron chi connectivity index (χ2n) is 21.5. The van der Waals surface area contributed by atoms with Crippen molar-refractivity contribution in [3.05, 3.63) is 53.6 Å². The Morgan fingerprint density at radius 2 is 1.54 bits per heavy atom. The smallest absolute Gasteiger partial charge is 0.247 e. The molecule has 12 atom stereocenters. The lowest BCUT2D eigenvalue weighted by molar-refractivity contribution is -0.147. The number of aromatic amines is 1. The summed E-state index contributed by atoms with van der Waals surface area (Å²) in [4.78, 5) is 155. The SMILES string of the molecule is CC[C@H](C)[C@@H]1NC(=O)CNC(=O)C2Cc3c([nH]c4cc(OCc5ccc(NC(=O)[C@@H](C)NC(=O)[C@@H](N)C(C)C)cc5)ccc34)SCC(NC(=O)CNC1=O)C(=O)N[C@@H](CC(N)=O)C(=O)N1C[C@H](O)C[C@]1(C=O)N[C@@H]([C@@H](C)[C@@H](O)CO)C(=O)N2. The van der Waals surface area contributed by atoms with Crippen molar-refractivity contribution in [1.82, 2.24) is 52.4 Å². The van der Waals surface area contributed by atoms with Gasteiger partial charge in [-0.15, -0.1) is 11.8 Å². The molecule has 0 saturated carbocycles. The van der Waals surface area contributed by atoms with Crippen LogP contribution in [0.3, 0.4) is 0 Å². The van der Waals surface area contributed by atoms with Crippen LogP contribution in [0, 0.1) is 17.8 Å². The number of primary amides is 1. The van der Waals surface area contributed by atoms with E-state index in [0.29, 0.717) is 39.9 Å². The first-order valence-electron chi connectivity index (χ1n) is 27.2. The summed E-state index contributed by atoms with van der Waals surface area (Å²) in [7, 11) is 0. The Hall–Kier alpha value is -7.70. The molecule has 0 spiro atoms. The number of aromatic nitrogens is 1. The minimum atomic E-state index is -2.32. The number of thioether (sulfide) groups is 1. The summed E-state index contributed by atoms with van der Waals surface area (Å²) in [6.45, 7) is 6.98. The fourth-order valence-electron chi connectivity index (χ4n) is 9.60. The lowest BCUT2D eigenvalue weighted by Gasteiger charge is -2.41. The van der Waals surface area contributed by atoms with Gasteiger partial charge in [0.25, 0.3) is 0 Å². The van der Waals surface area contributed by atoms with E-state index in [1.54, 1.807) is 70.2 Å². The molecule has 17 N–H and O–H groups in total. The molecular formula is C54H75N13O15S. The number of carbonyl (C=O) groups is 11. The number of hydrogen-bond acceptors (Lipinski definition) is 18. The number of carbonyl (C=O) groups excluding carboxylic acids is 11. The summed E-state index contributed by atoms with van der Waals surface area (Å²) < 4.78 is 6.19. The highest BCUT2D eigenvalue weighted by Gasteiger charge is 2.52. The number of aldehydes is 1. The van der Waals surface area contributed by atoms with E-state index >= 15 is 0 Å². The number of ether oxygens (including phenoxy) is 1. The molecule has 29 heteroatoms. The average Bonchev–Trinajstić information content (AvgIpc) is 3.47. The number of benzene rings is 2. The van der Waals surface area contributed by atoms with E-state index in [4.69, 9.17) is 16.2 Å². The highest BCUT2D eigenvalue weighted by molar-refractivity contribution is 7.99. The second kappa shape index (κ2) is 28.5. The summed E-state index contributed by atoms with van der Waals surface area (Å²) in [5.74, 6) is -10.7. The van der Waals surface area contributed by atoms with Gasteiger partial charge in [-0.1, -0.05) is 53.2 Å². The predicted octanol–water partition coefficient (Wildman–Crippen LogP) is -3.64. The average molecular weight is 1180 g/mol. The van der Waals surface area contributed by atoms with Gasteiger partial charge < -0.3 is 83.9 Å². The van der Waals surface area contributed by atoms with E-state index in [9.17, 15) is 68.1 Å². The predicted molar refractivity (Wildman–Crippen MR) is 300 cm³/mol. The lowest BCUT2D eigenvalue weighted by Crippen LogP contribution is -2.69. The van der Waals surface area contributed by atoms with Crippen LogP contribution in [0.15, 0.2) is 47.5 Å². The maximum absolute atomic E-state index is 15.0. The van der Waals surface area contributed by atoms with Crippen LogP contribution in [0.25, 0.3) is 10.9 Å². The molecular weight excluding hydrogens is 1100 g/mol. The number of H-pyrrole nitrogens is 1. The normalized spacial score (nSPS) is 25.2. The van der Waals surface area contributed by atoms with Gasteiger partial charge in [-0.05, 0) is 54.2 Å². The van der Waals surface area contributed by atoms with Crippen LogP contribution in [0.4, 0.5) is 5.69 Å². The molecule has 452 valence electrons. The third-order valence-electron chi connectivity index (χ3n) is 14.9. The van der Waals surface area contributed by atoms with Gasteiger partial charge in [0.2, 0.25) is 59.1 Å². The van der Waals surface area contributed by atoms with Gasteiger partial charge in [0, 0.05) is 48.2 Å². The summed E-state index contributed by atoms with van der Waals surface area (Å²) in [6, 6.07) is 1.92. The Morgan fingerprint density at radius 1 is 0.867 bits per heavy atom. The molecule has 3 aromatic rings. The first kappa shape index (κ1) is 64.5. The fourth-order valence-corrected chi connectivity index (χ4v) is 10.7. The summed E-state index contributed by atoms with van der Waals surface area (Å²) in [6.07, 6.45) is -4.36. The van der Waals surface area contributed by atoms with Gasteiger partial charge in [0.1, 0.15) is 42.6 Å². The van der Waals surface area contributed by atoms with Crippen molar-refractivity contribution in [2.75, 3.05) is 37.3 Å². The molecule has 6 rings (SSSR count). The van der Waals surface area contributed by atoms with E-state index in [-0.39, 0.29) is 36.0 Å². The number of hydrogen-bond donors (Lipinski definition) is 15. The van der Waals surface area contributed by atoms with Crippen molar-refractivity contribution < 1.29 is 72.8 Å². The van der Waals surface area contributed by atoms with Gasteiger partial charge in [-0.2, -0.15) is 0 Å². The molecule has 83 heavy (non-hydrogen) atoms. The molecule has 0 radical (unpaired) electrons. The van der Waals surface area contributed by atoms with Crippen molar-refractivity contribution in [3.8, 4) is 5.75 Å². The molecule has 3 aliphatic rings. The first-order valence-corrected chi connectivity index (χ1v) is 28.2. The number of amides is 10. The van der Waals surface area contributed by atoms with Crippen molar-refractivity contribution in [3.63, 3.8) is 0 Å². The highest BCUT2D eigenvalue weighted by Crippen LogP contribution is 2.35.